The summed E-state index contributed by atoms with van der Waals surface area (Å²) in [5.41, 5.74) is 1.65. The summed E-state index contributed by atoms with van der Waals surface area (Å²) in [6.07, 6.45) is -0.521. The Balaban J connectivity index is 1.47. The van der Waals surface area contributed by atoms with Gasteiger partial charge >= 0.3 is 0 Å². The number of H-pyrrole nitrogens is 1. The van der Waals surface area contributed by atoms with Crippen LogP contribution < -0.4 is 4.74 Å². The average molecular weight is 489 g/mol. The van der Waals surface area contributed by atoms with Crippen molar-refractivity contribution < 1.29 is 17.9 Å². The number of rotatable bonds is 8. The summed E-state index contributed by atoms with van der Waals surface area (Å²) in [6, 6.07) is 14.0. The summed E-state index contributed by atoms with van der Waals surface area (Å²) in [5.74, 6) is 0.765. The molecule has 0 saturated carbocycles. The van der Waals surface area contributed by atoms with Gasteiger partial charge in [0, 0.05) is 19.2 Å². The lowest BCUT2D eigenvalue weighted by Gasteiger charge is -2.32. The van der Waals surface area contributed by atoms with Crippen LogP contribution in [0.3, 0.4) is 0 Å². The SMILES string of the molecule is CCOc1ccc2nc(SCC(=O)N3CCN(S(=O)(=O)c4ccccc4)[C@@H]3C(C)C)[nH]c2c1. The number of thioether (sulfide) groups is 1. The molecule has 1 aromatic heterocycles. The molecule has 3 aromatic rings. The van der Waals surface area contributed by atoms with Crippen molar-refractivity contribution in [2.75, 3.05) is 25.4 Å². The van der Waals surface area contributed by atoms with Crippen LogP contribution in [0, 0.1) is 5.92 Å². The van der Waals surface area contributed by atoms with E-state index in [0.29, 0.717) is 18.3 Å². The number of carbonyl (C=O) groups is 1. The zero-order valence-electron chi connectivity index (χ0n) is 18.9. The molecular formula is C23H28N4O4S2. The van der Waals surface area contributed by atoms with Crippen molar-refractivity contribution in [3.8, 4) is 5.75 Å². The molecule has 1 aliphatic heterocycles. The Bertz CT molecular complexity index is 1230. The highest BCUT2D eigenvalue weighted by Gasteiger charge is 2.43. The van der Waals surface area contributed by atoms with Crippen LogP contribution in [0.25, 0.3) is 11.0 Å². The van der Waals surface area contributed by atoms with E-state index in [1.807, 2.05) is 39.0 Å². The summed E-state index contributed by atoms with van der Waals surface area (Å²) in [5, 5.41) is 0.640. The average Bonchev–Trinajstić information content (AvgIpc) is 3.43. The Morgan fingerprint density at radius 1 is 1.21 bits per heavy atom. The number of carbonyl (C=O) groups excluding carboxylic acids is 1. The van der Waals surface area contributed by atoms with E-state index in [1.165, 1.54) is 16.1 Å². The number of aromatic nitrogens is 2. The van der Waals surface area contributed by atoms with Gasteiger partial charge in [0.2, 0.25) is 15.9 Å². The number of nitrogens with one attached hydrogen (secondary N) is 1. The second kappa shape index (κ2) is 9.74. The molecule has 8 nitrogen and oxygen atoms in total. The number of sulfonamides is 1. The van der Waals surface area contributed by atoms with Crippen molar-refractivity contribution in [2.24, 2.45) is 5.92 Å². The maximum absolute atomic E-state index is 13.2. The van der Waals surface area contributed by atoms with Crippen LogP contribution in [0.1, 0.15) is 20.8 Å². The van der Waals surface area contributed by atoms with Gasteiger partial charge in [-0.2, -0.15) is 4.31 Å². The van der Waals surface area contributed by atoms with Gasteiger partial charge in [-0.15, -0.1) is 0 Å². The molecule has 1 atom stereocenters. The smallest absolute Gasteiger partial charge is 0.244 e. The number of benzene rings is 2. The van der Waals surface area contributed by atoms with E-state index >= 15 is 0 Å². The fraction of sp³-hybridized carbons (Fsp3) is 0.391. The summed E-state index contributed by atoms with van der Waals surface area (Å²) < 4.78 is 33.4. The second-order valence-electron chi connectivity index (χ2n) is 8.12. The van der Waals surface area contributed by atoms with Crippen molar-refractivity contribution in [2.45, 2.75) is 37.0 Å². The Kier molecular flexibility index (Phi) is 6.96. The molecule has 0 unspecified atom stereocenters. The van der Waals surface area contributed by atoms with Gasteiger partial charge in [-0.1, -0.05) is 43.8 Å². The van der Waals surface area contributed by atoms with E-state index in [4.69, 9.17) is 4.74 Å². The first kappa shape index (κ1) is 23.6. The molecule has 1 saturated heterocycles. The number of fused-ring (bicyclic) bond motifs is 1. The van der Waals surface area contributed by atoms with Crippen LogP contribution in [0.4, 0.5) is 0 Å². The van der Waals surface area contributed by atoms with Crippen molar-refractivity contribution in [3.63, 3.8) is 0 Å². The van der Waals surface area contributed by atoms with Crippen LogP contribution in [0.5, 0.6) is 5.75 Å². The zero-order valence-corrected chi connectivity index (χ0v) is 20.5. The van der Waals surface area contributed by atoms with E-state index in [-0.39, 0.29) is 29.0 Å². The fourth-order valence-corrected chi connectivity index (χ4v) is 6.59. The van der Waals surface area contributed by atoms with Gasteiger partial charge in [-0.3, -0.25) is 4.79 Å². The highest BCUT2D eigenvalue weighted by atomic mass is 32.2. The van der Waals surface area contributed by atoms with Crippen LogP contribution in [-0.2, 0) is 14.8 Å². The molecule has 0 spiro atoms. The quantitative estimate of drug-likeness (QED) is 0.487. The Hall–Kier alpha value is -2.56. The number of ether oxygens (including phenoxy) is 1. The summed E-state index contributed by atoms with van der Waals surface area (Å²) in [6.45, 7) is 7.03. The predicted octanol–water partition coefficient (Wildman–Crippen LogP) is 3.57. The molecule has 10 heteroatoms. The van der Waals surface area contributed by atoms with E-state index in [1.54, 1.807) is 35.2 Å². The standard InChI is InChI=1S/C23H28N4O4S2/c1-4-31-17-10-11-19-20(14-17)25-23(24-19)32-15-21(28)26-12-13-27(22(26)16(2)3)33(29,30)18-8-6-5-7-9-18/h5-11,14,16,22H,4,12-13,15H2,1-3H3,(H,24,25)/t22-/m1/s1. The molecule has 0 bridgehead atoms. The molecule has 0 radical (unpaired) electrons. The molecule has 176 valence electrons. The van der Waals surface area contributed by atoms with E-state index in [9.17, 15) is 13.2 Å². The van der Waals surface area contributed by atoms with Crippen molar-refractivity contribution >= 4 is 38.7 Å². The molecule has 1 fully saturated rings. The number of hydrogen-bond acceptors (Lipinski definition) is 6. The third-order valence-corrected chi connectivity index (χ3v) is 8.26. The summed E-state index contributed by atoms with van der Waals surface area (Å²) in [4.78, 5) is 22.8. The monoisotopic (exact) mass is 488 g/mol. The van der Waals surface area contributed by atoms with Crippen molar-refractivity contribution in [1.82, 2.24) is 19.2 Å². The third-order valence-electron chi connectivity index (χ3n) is 5.52. The lowest BCUT2D eigenvalue weighted by atomic mass is 10.1. The van der Waals surface area contributed by atoms with Crippen LogP contribution in [0.2, 0.25) is 0 Å². The van der Waals surface area contributed by atoms with Crippen LogP contribution >= 0.6 is 11.8 Å². The maximum Gasteiger partial charge on any atom is 0.244 e. The normalized spacial score (nSPS) is 17.2. The van der Waals surface area contributed by atoms with Crippen LogP contribution in [0.15, 0.2) is 58.6 Å². The first-order valence-electron chi connectivity index (χ1n) is 10.9. The molecule has 2 aromatic carbocycles. The molecule has 1 aliphatic rings. The minimum absolute atomic E-state index is 0.0527. The van der Waals surface area contributed by atoms with Gasteiger partial charge in [-0.25, -0.2) is 13.4 Å². The topological polar surface area (TPSA) is 95.6 Å². The molecule has 1 amide bonds. The molecule has 1 N–H and O–H groups in total. The van der Waals surface area contributed by atoms with E-state index < -0.39 is 16.2 Å². The summed E-state index contributed by atoms with van der Waals surface area (Å²) in [7, 11) is -3.69. The minimum atomic E-state index is -3.69. The van der Waals surface area contributed by atoms with Gasteiger partial charge in [0.1, 0.15) is 11.9 Å². The summed E-state index contributed by atoms with van der Waals surface area (Å²) >= 11 is 1.31. The van der Waals surface area contributed by atoms with Crippen LogP contribution in [-0.4, -0.2) is 65.1 Å². The first-order valence-corrected chi connectivity index (χ1v) is 13.4. The highest BCUT2D eigenvalue weighted by molar-refractivity contribution is 7.99. The number of hydrogen-bond donors (Lipinski definition) is 1. The van der Waals surface area contributed by atoms with Gasteiger partial charge < -0.3 is 14.6 Å². The second-order valence-corrected chi connectivity index (χ2v) is 11.0. The maximum atomic E-state index is 13.2. The number of aromatic amines is 1. The Morgan fingerprint density at radius 2 is 1.97 bits per heavy atom. The van der Waals surface area contributed by atoms with Crippen molar-refractivity contribution in [3.05, 3.63) is 48.5 Å². The Labute approximate surface area is 198 Å². The van der Waals surface area contributed by atoms with E-state index in [0.717, 1.165) is 16.8 Å². The zero-order chi connectivity index (χ0) is 23.6. The highest BCUT2D eigenvalue weighted by Crippen LogP contribution is 2.30. The van der Waals surface area contributed by atoms with Gasteiger partial charge in [0.15, 0.2) is 5.16 Å². The van der Waals surface area contributed by atoms with E-state index in [2.05, 4.69) is 9.97 Å². The third kappa shape index (κ3) is 4.87. The Morgan fingerprint density at radius 3 is 2.67 bits per heavy atom. The lowest BCUT2D eigenvalue weighted by molar-refractivity contribution is -0.130. The molecule has 33 heavy (non-hydrogen) atoms. The van der Waals surface area contributed by atoms with Gasteiger partial charge in [0.05, 0.1) is 28.3 Å². The fourth-order valence-electron chi connectivity index (χ4n) is 4.08. The first-order chi connectivity index (χ1) is 15.8. The largest absolute Gasteiger partial charge is 0.494 e. The number of amides is 1. The van der Waals surface area contributed by atoms with Gasteiger partial charge in [0.25, 0.3) is 0 Å². The minimum Gasteiger partial charge on any atom is -0.494 e. The lowest BCUT2D eigenvalue weighted by Crippen LogP contribution is -2.48. The molecule has 0 aliphatic carbocycles. The number of nitrogens with zero attached hydrogens (tertiary/aromatic N) is 3. The van der Waals surface area contributed by atoms with Crippen molar-refractivity contribution in [1.29, 1.82) is 0 Å². The number of imidazole rings is 1. The molecule has 2 heterocycles. The van der Waals surface area contributed by atoms with Gasteiger partial charge in [-0.05, 0) is 37.1 Å². The molecule has 4 rings (SSSR count). The predicted molar refractivity (Wildman–Crippen MR) is 129 cm³/mol. The molecular weight excluding hydrogens is 460 g/mol.